The van der Waals surface area contributed by atoms with E-state index in [2.05, 4.69) is 60.3 Å². The Hall–Kier alpha value is -3.04. The predicted molar refractivity (Wildman–Crippen MR) is 162 cm³/mol. The highest BCUT2D eigenvalue weighted by Gasteiger charge is 2.36. The number of nitrogens with zero attached hydrogens (tertiary/aromatic N) is 2. The summed E-state index contributed by atoms with van der Waals surface area (Å²) in [4.78, 5) is 23.9. The molecule has 2 aromatic carbocycles. The monoisotopic (exact) mass is 578 g/mol. The van der Waals surface area contributed by atoms with Crippen molar-refractivity contribution in [3.05, 3.63) is 82.9 Å². The third-order valence-electron chi connectivity index (χ3n) is 9.50. The largest absolute Gasteiger partial charge is 0.478 e. The predicted octanol–water partition coefficient (Wildman–Crippen LogP) is 4.81. The van der Waals surface area contributed by atoms with Gasteiger partial charge in [-0.15, -0.1) is 0 Å². The van der Waals surface area contributed by atoms with Gasteiger partial charge >= 0.3 is 11.9 Å². The van der Waals surface area contributed by atoms with E-state index in [0.29, 0.717) is 24.0 Å². The fourth-order valence-electron chi connectivity index (χ4n) is 7.19. The first-order valence-corrected chi connectivity index (χ1v) is 15.2. The summed E-state index contributed by atoms with van der Waals surface area (Å²) >= 11 is 0. The molecule has 42 heavy (non-hydrogen) atoms. The molecule has 2 heterocycles. The molecule has 0 amide bonds. The molecule has 228 valence electrons. The van der Waals surface area contributed by atoms with E-state index in [1.54, 1.807) is 0 Å². The van der Waals surface area contributed by atoms with Crippen molar-refractivity contribution in [2.75, 3.05) is 40.3 Å². The van der Waals surface area contributed by atoms with Crippen molar-refractivity contribution < 1.29 is 30.0 Å². The number of carboxylic acids is 2. The lowest BCUT2D eigenvalue weighted by atomic mass is 9.81. The highest BCUT2D eigenvalue weighted by Crippen LogP contribution is 2.48. The topological polar surface area (TPSA) is 122 Å². The van der Waals surface area contributed by atoms with Crippen LogP contribution in [0, 0.1) is 11.8 Å². The molecule has 8 nitrogen and oxygen atoms in total. The van der Waals surface area contributed by atoms with E-state index in [1.165, 1.54) is 74.1 Å². The molecule has 0 spiro atoms. The van der Waals surface area contributed by atoms with Crippen LogP contribution in [0.3, 0.4) is 0 Å². The fourth-order valence-corrected chi connectivity index (χ4v) is 7.19. The molecule has 4 aliphatic rings. The minimum absolute atomic E-state index is 0.226. The lowest BCUT2D eigenvalue weighted by Gasteiger charge is -2.33. The van der Waals surface area contributed by atoms with E-state index < -0.39 is 11.9 Å². The van der Waals surface area contributed by atoms with Crippen LogP contribution in [0.1, 0.15) is 84.8 Å². The number of likely N-dealkylation sites (tertiary alicyclic amines) is 2. The summed E-state index contributed by atoms with van der Waals surface area (Å²) < 4.78 is 0. The highest BCUT2D eigenvalue weighted by atomic mass is 16.4. The molecule has 2 aliphatic heterocycles. The van der Waals surface area contributed by atoms with E-state index in [4.69, 9.17) is 10.2 Å². The zero-order chi connectivity index (χ0) is 30.2. The van der Waals surface area contributed by atoms with Crippen LogP contribution in [0.4, 0.5) is 0 Å². The van der Waals surface area contributed by atoms with Gasteiger partial charge in [0.25, 0.3) is 0 Å². The quantitative estimate of drug-likeness (QED) is 0.382. The van der Waals surface area contributed by atoms with Crippen LogP contribution in [0.15, 0.2) is 60.7 Å². The molecule has 4 N–H and O–H groups in total. The second-order valence-electron chi connectivity index (χ2n) is 12.3. The summed E-state index contributed by atoms with van der Waals surface area (Å²) in [6, 6.07) is 16.9. The molecule has 4 atom stereocenters. The van der Waals surface area contributed by atoms with Crippen molar-refractivity contribution in [2.24, 2.45) is 11.8 Å². The number of piperidine rings is 2. The number of carbonyl (C=O) groups is 2. The third kappa shape index (κ3) is 8.28. The highest BCUT2D eigenvalue weighted by molar-refractivity contribution is 5.89. The molecule has 2 aliphatic carbocycles. The molecule has 2 saturated heterocycles. The second kappa shape index (κ2) is 14.9. The molecule has 6 rings (SSSR count). The molecular formula is C34H46N2O6. The van der Waals surface area contributed by atoms with Gasteiger partial charge < -0.3 is 30.2 Å². The van der Waals surface area contributed by atoms with Gasteiger partial charge in [-0.1, -0.05) is 48.5 Å². The first-order valence-electron chi connectivity index (χ1n) is 15.2. The molecule has 4 unspecified atom stereocenters. The van der Waals surface area contributed by atoms with E-state index >= 15 is 0 Å². The van der Waals surface area contributed by atoms with Crippen LogP contribution in [0.2, 0.25) is 0 Å². The molecule has 8 heteroatoms. The van der Waals surface area contributed by atoms with Crippen molar-refractivity contribution in [3.8, 4) is 0 Å². The normalized spacial score (nSPS) is 26.5. The van der Waals surface area contributed by atoms with Crippen molar-refractivity contribution in [1.82, 2.24) is 9.80 Å². The van der Waals surface area contributed by atoms with Gasteiger partial charge in [-0.2, -0.15) is 0 Å². The average molecular weight is 579 g/mol. The molecule has 0 radical (unpaired) electrons. The molecular weight excluding hydrogens is 532 g/mol. The summed E-state index contributed by atoms with van der Waals surface area (Å²) in [6.07, 6.45) is 7.66. The Kier molecular flexibility index (Phi) is 11.3. The number of fused-ring (bicyclic) bond motifs is 2. The average Bonchev–Trinajstić information content (AvgIpc) is 3.50. The maximum atomic E-state index is 10.1. The molecule has 2 aromatic rings. The Morgan fingerprint density at radius 2 is 0.929 bits per heavy atom. The van der Waals surface area contributed by atoms with Crippen molar-refractivity contribution in [1.29, 1.82) is 0 Å². The minimum atomic E-state index is -1.26. The SMILES string of the molecule is CN1CCC(C2CC(O)c3ccccc32)CC1.CN1CCC(C2CC(O)c3ccccc32)CC1.O=C(O)/C=C/C(=O)O. The van der Waals surface area contributed by atoms with Gasteiger partial charge in [0, 0.05) is 12.2 Å². The van der Waals surface area contributed by atoms with E-state index in [9.17, 15) is 19.8 Å². The number of hydrogen-bond acceptors (Lipinski definition) is 6. The Bertz CT molecular complexity index is 1120. The maximum Gasteiger partial charge on any atom is 0.328 e. The van der Waals surface area contributed by atoms with Crippen molar-refractivity contribution in [2.45, 2.75) is 62.6 Å². The molecule has 0 saturated carbocycles. The lowest BCUT2D eigenvalue weighted by Crippen LogP contribution is -2.32. The van der Waals surface area contributed by atoms with E-state index in [-0.39, 0.29) is 12.2 Å². The second-order valence-corrected chi connectivity index (χ2v) is 12.3. The number of hydrogen-bond donors (Lipinski definition) is 4. The van der Waals surface area contributed by atoms with Gasteiger partial charge in [-0.3, -0.25) is 0 Å². The number of aliphatic hydroxyl groups is 2. The van der Waals surface area contributed by atoms with Crippen LogP contribution in [-0.4, -0.2) is 82.4 Å². The van der Waals surface area contributed by atoms with Crippen LogP contribution in [-0.2, 0) is 9.59 Å². The number of benzene rings is 2. The van der Waals surface area contributed by atoms with Gasteiger partial charge in [-0.05, 0) is 125 Å². The van der Waals surface area contributed by atoms with Gasteiger partial charge in [0.15, 0.2) is 0 Å². The summed E-state index contributed by atoms with van der Waals surface area (Å²) in [6.45, 7) is 4.83. The standard InChI is InChI=1S/2C15H21NO.C4H4O4/c2*1-16-8-6-11(7-9-16)14-10-15(17)13-5-3-2-4-12(13)14;5-3(6)1-2-4(7)8/h2*2-5,11,14-15,17H,6-10H2,1H3;1-2H,(H,5,6)(H,7,8)/b;;2-1+. The van der Waals surface area contributed by atoms with Gasteiger partial charge in [0.1, 0.15) is 0 Å². The molecule has 0 bridgehead atoms. The summed E-state index contributed by atoms with van der Waals surface area (Å²) in [5.74, 6) is 0.207. The lowest BCUT2D eigenvalue weighted by molar-refractivity contribution is -0.134. The summed E-state index contributed by atoms with van der Waals surface area (Å²) in [5.41, 5.74) is 5.18. The zero-order valence-corrected chi connectivity index (χ0v) is 24.8. The van der Waals surface area contributed by atoms with Gasteiger partial charge in [0.05, 0.1) is 12.2 Å². The fraction of sp³-hybridized carbons (Fsp3) is 0.529. The van der Waals surface area contributed by atoms with Crippen molar-refractivity contribution in [3.63, 3.8) is 0 Å². The summed E-state index contributed by atoms with van der Waals surface area (Å²) in [5, 5.41) is 35.9. The minimum Gasteiger partial charge on any atom is -0.478 e. The Labute approximate surface area is 249 Å². The number of aliphatic carboxylic acids is 2. The number of rotatable bonds is 4. The molecule has 0 aromatic heterocycles. The van der Waals surface area contributed by atoms with Crippen LogP contribution < -0.4 is 0 Å². The Morgan fingerprint density at radius 3 is 1.24 bits per heavy atom. The first-order chi connectivity index (χ1) is 20.1. The smallest absolute Gasteiger partial charge is 0.328 e. The van der Waals surface area contributed by atoms with E-state index in [1.807, 2.05) is 12.1 Å². The summed E-state index contributed by atoms with van der Waals surface area (Å²) in [7, 11) is 4.40. The van der Waals surface area contributed by atoms with Crippen LogP contribution >= 0.6 is 0 Å². The molecule has 2 fully saturated rings. The van der Waals surface area contributed by atoms with Gasteiger partial charge in [0.2, 0.25) is 0 Å². The third-order valence-corrected chi connectivity index (χ3v) is 9.50. The zero-order valence-electron chi connectivity index (χ0n) is 24.8. The van der Waals surface area contributed by atoms with Crippen LogP contribution in [0.5, 0.6) is 0 Å². The Morgan fingerprint density at radius 1 is 0.619 bits per heavy atom. The first kappa shape index (κ1) is 31.9. The number of aliphatic hydroxyl groups excluding tert-OH is 2. The maximum absolute atomic E-state index is 10.1. The van der Waals surface area contributed by atoms with E-state index in [0.717, 1.165) is 24.7 Å². The van der Waals surface area contributed by atoms with Crippen LogP contribution in [0.25, 0.3) is 0 Å². The number of carboxylic acid groups (broad SMARTS) is 2. The van der Waals surface area contributed by atoms with Crippen molar-refractivity contribution >= 4 is 11.9 Å². The Balaban J connectivity index is 0.000000155. The van der Waals surface area contributed by atoms with Gasteiger partial charge in [-0.25, -0.2) is 9.59 Å².